The van der Waals surface area contributed by atoms with Crippen LogP contribution in [0.25, 0.3) is 0 Å². The Labute approximate surface area is 476 Å². The number of unbranched alkanes of at least 4 members (excludes halogenated alkanes) is 29. The van der Waals surface area contributed by atoms with Crippen molar-refractivity contribution in [3.63, 3.8) is 0 Å². The summed E-state index contributed by atoms with van der Waals surface area (Å²) < 4.78 is 16.9. The normalized spacial score (nSPS) is 12.8. The molecule has 0 saturated heterocycles. The first-order valence-electron chi connectivity index (χ1n) is 32.4. The first kappa shape index (κ1) is 73.1. The van der Waals surface area contributed by atoms with E-state index in [2.05, 4.69) is 130 Å². The van der Waals surface area contributed by atoms with Gasteiger partial charge in [0, 0.05) is 19.3 Å². The van der Waals surface area contributed by atoms with Gasteiger partial charge in [0.1, 0.15) is 13.2 Å². The SMILES string of the molecule is CC/C=C\C/C=C\C/C=C\C/C=C\C/C=C\C/C=C\CCCCCCCCCCC(=O)OCC(COC(=O)CCCCCCC/C=C\CCCCCCCC)OC(=O)CCCCCCCCC/C=C\C/C=C\CCCCC. The van der Waals surface area contributed by atoms with E-state index in [1.807, 2.05) is 0 Å². The molecule has 440 valence electrons. The molecule has 0 spiro atoms. The van der Waals surface area contributed by atoms with Crippen molar-refractivity contribution in [1.29, 1.82) is 0 Å². The topological polar surface area (TPSA) is 78.9 Å². The molecule has 0 aromatic heterocycles. The highest BCUT2D eigenvalue weighted by Crippen LogP contribution is 2.15. The number of hydrogen-bond donors (Lipinski definition) is 0. The second-order valence-electron chi connectivity index (χ2n) is 21.3. The third-order valence-electron chi connectivity index (χ3n) is 13.7. The molecule has 0 saturated carbocycles. The van der Waals surface area contributed by atoms with Gasteiger partial charge in [0.2, 0.25) is 0 Å². The minimum atomic E-state index is -0.792. The highest BCUT2D eigenvalue weighted by molar-refractivity contribution is 5.71. The average Bonchev–Trinajstić information content (AvgIpc) is 3.43. The van der Waals surface area contributed by atoms with Gasteiger partial charge in [0.25, 0.3) is 0 Å². The number of carbonyl (C=O) groups excluding carboxylic acids is 3. The molecule has 0 heterocycles. The number of esters is 3. The van der Waals surface area contributed by atoms with Gasteiger partial charge in [-0.05, 0) is 128 Å². The maximum Gasteiger partial charge on any atom is 0.306 e. The van der Waals surface area contributed by atoms with Crippen LogP contribution in [0.4, 0.5) is 0 Å². The van der Waals surface area contributed by atoms with E-state index in [9.17, 15) is 14.4 Å². The van der Waals surface area contributed by atoms with E-state index in [1.54, 1.807) is 0 Å². The number of carbonyl (C=O) groups is 3. The maximum absolute atomic E-state index is 12.9. The summed E-state index contributed by atoms with van der Waals surface area (Å²) in [6.07, 6.45) is 88.0. The lowest BCUT2D eigenvalue weighted by Gasteiger charge is -2.18. The molecule has 0 aliphatic rings. The van der Waals surface area contributed by atoms with Gasteiger partial charge in [-0.25, -0.2) is 0 Å². The highest BCUT2D eigenvalue weighted by atomic mass is 16.6. The summed E-state index contributed by atoms with van der Waals surface area (Å²) in [5, 5.41) is 0. The van der Waals surface area contributed by atoms with E-state index in [0.29, 0.717) is 19.3 Å². The van der Waals surface area contributed by atoms with Crippen LogP contribution in [0.3, 0.4) is 0 Å². The molecular weight excluding hydrogens is 949 g/mol. The molecule has 6 heteroatoms. The van der Waals surface area contributed by atoms with Gasteiger partial charge in [-0.1, -0.05) is 265 Å². The van der Waals surface area contributed by atoms with Gasteiger partial charge >= 0.3 is 17.9 Å². The van der Waals surface area contributed by atoms with Crippen LogP contribution in [-0.4, -0.2) is 37.2 Å². The van der Waals surface area contributed by atoms with Gasteiger partial charge in [-0.15, -0.1) is 0 Å². The zero-order valence-electron chi connectivity index (χ0n) is 50.4. The molecule has 0 fully saturated rings. The van der Waals surface area contributed by atoms with Gasteiger partial charge in [-0.2, -0.15) is 0 Å². The summed E-state index contributed by atoms with van der Waals surface area (Å²) >= 11 is 0. The predicted octanol–water partition coefficient (Wildman–Crippen LogP) is 22.2. The molecule has 0 aliphatic carbocycles. The molecule has 1 atom stereocenters. The Kier molecular flexibility index (Phi) is 61.3. The fraction of sp³-hybridized carbons (Fsp3) is 0.704. The molecule has 77 heavy (non-hydrogen) atoms. The van der Waals surface area contributed by atoms with Crippen LogP contribution in [-0.2, 0) is 28.6 Å². The molecule has 0 N–H and O–H groups in total. The Morgan fingerprint density at radius 2 is 0.506 bits per heavy atom. The van der Waals surface area contributed by atoms with Gasteiger partial charge in [-0.3, -0.25) is 14.4 Å². The third-order valence-corrected chi connectivity index (χ3v) is 13.7. The second-order valence-corrected chi connectivity index (χ2v) is 21.3. The second kappa shape index (κ2) is 64.6. The smallest absolute Gasteiger partial charge is 0.306 e. The van der Waals surface area contributed by atoms with Crippen molar-refractivity contribution in [2.75, 3.05) is 13.2 Å². The van der Waals surface area contributed by atoms with Crippen molar-refractivity contribution in [2.24, 2.45) is 0 Å². The molecule has 1 unspecified atom stereocenters. The van der Waals surface area contributed by atoms with Crippen molar-refractivity contribution < 1.29 is 28.6 Å². The molecule has 0 aromatic rings. The lowest BCUT2D eigenvalue weighted by Crippen LogP contribution is -2.30. The summed E-state index contributed by atoms with van der Waals surface area (Å²) in [6.45, 7) is 6.50. The van der Waals surface area contributed by atoms with Crippen molar-refractivity contribution in [2.45, 2.75) is 309 Å². The van der Waals surface area contributed by atoms with E-state index in [4.69, 9.17) is 14.2 Å². The van der Waals surface area contributed by atoms with Crippen LogP contribution in [0.15, 0.2) is 109 Å². The standard InChI is InChI=1S/C71H120O6/c1-4-7-10-13-16-19-22-25-28-30-31-32-33-34-35-36-37-38-39-41-43-46-49-52-55-58-61-64-70(73)76-67-68(66-75-69(72)63-60-57-54-51-48-45-42-27-24-21-18-15-12-9-6-3)77-71(74)65-62-59-56-53-50-47-44-40-29-26-23-20-17-14-11-8-5-2/h7,10,16-17,19-20,25-29,31-32,34-35,37-38,42,68H,4-6,8-9,11-15,18,21-24,30,33,36,39-41,43-67H2,1-3H3/b10-7-,19-16-,20-17-,28-25-,29-26-,32-31-,35-34-,38-37-,42-27-. The molecular formula is C71H120O6. The van der Waals surface area contributed by atoms with Crippen molar-refractivity contribution in [3.05, 3.63) is 109 Å². The van der Waals surface area contributed by atoms with E-state index < -0.39 is 6.10 Å². The average molecular weight is 1070 g/mol. The van der Waals surface area contributed by atoms with Crippen LogP contribution < -0.4 is 0 Å². The van der Waals surface area contributed by atoms with Crippen molar-refractivity contribution >= 4 is 17.9 Å². The Morgan fingerprint density at radius 1 is 0.273 bits per heavy atom. The van der Waals surface area contributed by atoms with E-state index in [1.165, 1.54) is 141 Å². The summed E-state index contributed by atoms with van der Waals surface area (Å²) in [5.74, 6) is -0.904. The number of rotatable bonds is 58. The fourth-order valence-electron chi connectivity index (χ4n) is 8.88. The zero-order valence-corrected chi connectivity index (χ0v) is 50.4. The molecule has 0 aliphatic heterocycles. The Morgan fingerprint density at radius 3 is 0.831 bits per heavy atom. The number of hydrogen-bond acceptors (Lipinski definition) is 6. The first-order valence-corrected chi connectivity index (χ1v) is 32.4. The number of allylic oxidation sites excluding steroid dienone is 18. The Hall–Kier alpha value is -3.93. The Balaban J connectivity index is 4.37. The van der Waals surface area contributed by atoms with Crippen LogP contribution in [0, 0.1) is 0 Å². The van der Waals surface area contributed by atoms with Gasteiger partial charge in [0.15, 0.2) is 6.10 Å². The van der Waals surface area contributed by atoms with Crippen LogP contribution >= 0.6 is 0 Å². The summed E-state index contributed by atoms with van der Waals surface area (Å²) in [6, 6.07) is 0. The summed E-state index contributed by atoms with van der Waals surface area (Å²) in [5.41, 5.74) is 0. The van der Waals surface area contributed by atoms with Gasteiger partial charge in [0.05, 0.1) is 0 Å². The molecule has 0 bridgehead atoms. The minimum Gasteiger partial charge on any atom is -0.462 e. The molecule has 0 radical (unpaired) electrons. The molecule has 0 amide bonds. The maximum atomic E-state index is 12.9. The van der Waals surface area contributed by atoms with Crippen LogP contribution in [0.5, 0.6) is 0 Å². The largest absolute Gasteiger partial charge is 0.462 e. The van der Waals surface area contributed by atoms with E-state index in [0.717, 1.165) is 122 Å². The van der Waals surface area contributed by atoms with Crippen LogP contribution in [0.1, 0.15) is 303 Å². The third kappa shape index (κ3) is 62.8. The lowest BCUT2D eigenvalue weighted by atomic mass is 10.1. The summed E-state index contributed by atoms with van der Waals surface area (Å²) in [7, 11) is 0. The predicted molar refractivity (Wildman–Crippen MR) is 334 cm³/mol. The number of ether oxygens (including phenoxy) is 3. The lowest BCUT2D eigenvalue weighted by molar-refractivity contribution is -0.167. The minimum absolute atomic E-state index is 0.0880. The first-order chi connectivity index (χ1) is 38.0. The van der Waals surface area contributed by atoms with Gasteiger partial charge < -0.3 is 14.2 Å². The molecule has 0 aromatic carbocycles. The molecule has 6 nitrogen and oxygen atoms in total. The molecule has 0 rings (SSSR count). The van der Waals surface area contributed by atoms with Crippen molar-refractivity contribution in [3.8, 4) is 0 Å². The Bertz CT molecular complexity index is 1560. The zero-order chi connectivity index (χ0) is 55.7. The van der Waals surface area contributed by atoms with E-state index in [-0.39, 0.29) is 31.1 Å². The monoisotopic (exact) mass is 1070 g/mol. The highest BCUT2D eigenvalue weighted by Gasteiger charge is 2.19. The van der Waals surface area contributed by atoms with Crippen LogP contribution in [0.2, 0.25) is 0 Å². The fourth-order valence-corrected chi connectivity index (χ4v) is 8.88. The van der Waals surface area contributed by atoms with E-state index >= 15 is 0 Å². The quantitative estimate of drug-likeness (QED) is 0.0261. The van der Waals surface area contributed by atoms with Crippen molar-refractivity contribution in [1.82, 2.24) is 0 Å². The summed E-state index contributed by atoms with van der Waals surface area (Å²) in [4.78, 5) is 38.3.